The molecule has 1 aliphatic heterocycles. The first-order valence-electron chi connectivity index (χ1n) is 10.6. The van der Waals surface area contributed by atoms with Gasteiger partial charge in [-0.05, 0) is 49.1 Å². The molecule has 0 radical (unpaired) electrons. The van der Waals surface area contributed by atoms with Crippen LogP contribution in [-0.4, -0.2) is 57.5 Å². The van der Waals surface area contributed by atoms with Gasteiger partial charge >= 0.3 is 0 Å². The third kappa shape index (κ3) is 2.97. The van der Waals surface area contributed by atoms with Crippen LogP contribution in [0.15, 0.2) is 36.4 Å². The van der Waals surface area contributed by atoms with Crippen LogP contribution < -0.4 is 24.3 Å². The number of hydrogen-bond acceptors (Lipinski definition) is 6. The molecule has 0 amide bonds. The van der Waals surface area contributed by atoms with Crippen LogP contribution in [0, 0.1) is 5.92 Å². The quantitative estimate of drug-likeness (QED) is 0.638. The lowest BCUT2D eigenvalue weighted by molar-refractivity contribution is 0.354. The Labute approximate surface area is 178 Å². The van der Waals surface area contributed by atoms with Gasteiger partial charge in [-0.2, -0.15) is 0 Å². The molecule has 1 N–H and O–H groups in total. The van der Waals surface area contributed by atoms with Crippen molar-refractivity contribution in [2.24, 2.45) is 5.92 Å². The lowest BCUT2D eigenvalue weighted by Crippen LogP contribution is -2.25. The monoisotopic (exact) mass is 410 g/mol. The first kappa shape index (κ1) is 19.4. The van der Waals surface area contributed by atoms with E-state index in [9.17, 15) is 0 Å². The number of methoxy groups -OCH3 is 4. The van der Waals surface area contributed by atoms with Crippen molar-refractivity contribution < 1.29 is 18.9 Å². The summed E-state index contributed by atoms with van der Waals surface area (Å²) in [6.45, 7) is 1.11. The molecule has 1 saturated heterocycles. The summed E-state index contributed by atoms with van der Waals surface area (Å²) in [5, 5.41) is 3.74. The Balaban J connectivity index is 1.17. The van der Waals surface area contributed by atoms with Crippen molar-refractivity contribution in [3.63, 3.8) is 0 Å². The zero-order chi connectivity index (χ0) is 20.9. The van der Waals surface area contributed by atoms with Gasteiger partial charge in [-0.1, -0.05) is 6.07 Å². The van der Waals surface area contributed by atoms with E-state index in [2.05, 4.69) is 28.4 Å². The summed E-state index contributed by atoms with van der Waals surface area (Å²) in [7, 11) is 6.71. The second kappa shape index (κ2) is 7.27. The fourth-order valence-corrected chi connectivity index (χ4v) is 5.66. The molecule has 0 bridgehead atoms. The van der Waals surface area contributed by atoms with Gasteiger partial charge in [0.1, 0.15) is 0 Å². The smallest absolute Gasteiger partial charge is 0.162 e. The number of likely N-dealkylation sites (tertiary alicyclic amines) is 1. The summed E-state index contributed by atoms with van der Waals surface area (Å²) in [6.07, 6.45) is 3.57. The lowest BCUT2D eigenvalue weighted by Gasteiger charge is -2.20. The number of nitrogens with one attached hydrogen (secondary N) is 1. The van der Waals surface area contributed by atoms with Gasteiger partial charge in [0.05, 0.1) is 28.4 Å². The summed E-state index contributed by atoms with van der Waals surface area (Å²) in [4.78, 5) is 2.71. The van der Waals surface area contributed by atoms with Gasteiger partial charge in [-0.15, -0.1) is 0 Å². The van der Waals surface area contributed by atoms with E-state index in [1.165, 1.54) is 18.4 Å². The Kier molecular flexibility index (Phi) is 4.69. The van der Waals surface area contributed by atoms with Gasteiger partial charge in [0, 0.05) is 41.8 Å². The van der Waals surface area contributed by atoms with Crippen LogP contribution in [0.1, 0.15) is 18.4 Å². The number of rotatable bonds is 9. The largest absolute Gasteiger partial charge is 0.493 e. The van der Waals surface area contributed by atoms with Gasteiger partial charge in [0.2, 0.25) is 0 Å². The zero-order valence-corrected chi connectivity index (χ0v) is 18.1. The van der Waals surface area contributed by atoms with Crippen molar-refractivity contribution in [1.82, 2.24) is 4.90 Å². The van der Waals surface area contributed by atoms with Crippen LogP contribution in [0.5, 0.6) is 23.0 Å². The topological polar surface area (TPSA) is 52.0 Å². The highest BCUT2D eigenvalue weighted by atomic mass is 16.5. The average Bonchev–Trinajstić information content (AvgIpc) is 3.64. The first-order valence-corrected chi connectivity index (χ1v) is 10.6. The minimum Gasteiger partial charge on any atom is -0.493 e. The molecule has 6 heteroatoms. The fourth-order valence-electron chi connectivity index (χ4n) is 5.66. The highest BCUT2D eigenvalue weighted by molar-refractivity contribution is 5.57. The molecular weight excluding hydrogens is 380 g/mol. The third-order valence-corrected chi connectivity index (χ3v) is 7.24. The van der Waals surface area contributed by atoms with Crippen molar-refractivity contribution in [3.05, 3.63) is 42.0 Å². The zero-order valence-electron chi connectivity index (χ0n) is 18.1. The van der Waals surface area contributed by atoms with Crippen LogP contribution in [0.4, 0.5) is 5.69 Å². The van der Waals surface area contributed by atoms with E-state index in [0.717, 1.165) is 53.6 Å². The predicted octanol–water partition coefficient (Wildman–Crippen LogP) is 3.59. The second-order valence-electron chi connectivity index (χ2n) is 8.51. The molecule has 160 valence electrons. The molecule has 5 rings (SSSR count). The van der Waals surface area contributed by atoms with E-state index >= 15 is 0 Å². The molecule has 5 atom stereocenters. The van der Waals surface area contributed by atoms with Gasteiger partial charge in [0.25, 0.3) is 0 Å². The molecule has 5 unspecified atom stereocenters. The number of benzene rings is 2. The Morgan fingerprint density at radius 3 is 2.20 bits per heavy atom. The minimum atomic E-state index is 0.463. The Bertz CT molecular complexity index is 945. The van der Waals surface area contributed by atoms with Crippen molar-refractivity contribution in [3.8, 4) is 23.0 Å². The van der Waals surface area contributed by atoms with E-state index in [0.29, 0.717) is 11.6 Å². The number of anilines is 1. The Morgan fingerprint density at radius 2 is 1.57 bits per heavy atom. The van der Waals surface area contributed by atoms with Gasteiger partial charge in [-0.3, -0.25) is 4.90 Å². The van der Waals surface area contributed by atoms with Crippen LogP contribution in [-0.2, 0) is 6.42 Å². The molecule has 2 aromatic rings. The first-order chi connectivity index (χ1) is 14.6. The summed E-state index contributed by atoms with van der Waals surface area (Å²) < 4.78 is 21.6. The fraction of sp³-hybridized carbons (Fsp3) is 0.500. The molecule has 3 fully saturated rings. The van der Waals surface area contributed by atoms with Gasteiger partial charge < -0.3 is 24.3 Å². The molecule has 2 aromatic carbocycles. The van der Waals surface area contributed by atoms with E-state index in [-0.39, 0.29) is 0 Å². The molecule has 3 aliphatic rings. The highest BCUT2D eigenvalue weighted by Gasteiger charge is 2.82. The number of piperidine rings is 1. The maximum Gasteiger partial charge on any atom is 0.162 e. The summed E-state index contributed by atoms with van der Waals surface area (Å²) in [5.74, 6) is 3.88. The highest BCUT2D eigenvalue weighted by Crippen LogP contribution is 2.72. The molecule has 30 heavy (non-hydrogen) atoms. The average molecular weight is 411 g/mol. The molecule has 0 aromatic heterocycles. The van der Waals surface area contributed by atoms with Crippen LogP contribution in [0.3, 0.4) is 0 Å². The SMILES string of the molecule is COc1ccc(CCN2C3CC(Nc4ccc(OC)c(OC)c4)C4CC432)cc1OC. The number of ether oxygens (including phenoxy) is 4. The maximum atomic E-state index is 5.44. The molecular formula is C24H30N2O4. The van der Waals surface area contributed by atoms with Crippen molar-refractivity contribution in [1.29, 1.82) is 0 Å². The summed E-state index contributed by atoms with van der Waals surface area (Å²) >= 11 is 0. The molecule has 1 spiro atoms. The van der Waals surface area contributed by atoms with Crippen LogP contribution >= 0.6 is 0 Å². The Hall–Kier alpha value is -2.60. The molecule has 2 aliphatic carbocycles. The van der Waals surface area contributed by atoms with E-state index in [1.54, 1.807) is 28.4 Å². The Morgan fingerprint density at radius 1 is 0.900 bits per heavy atom. The van der Waals surface area contributed by atoms with Crippen LogP contribution in [0.2, 0.25) is 0 Å². The van der Waals surface area contributed by atoms with E-state index in [1.807, 2.05) is 18.2 Å². The van der Waals surface area contributed by atoms with E-state index in [4.69, 9.17) is 18.9 Å². The van der Waals surface area contributed by atoms with Gasteiger partial charge in [0.15, 0.2) is 23.0 Å². The normalized spacial score (nSPS) is 30.1. The van der Waals surface area contributed by atoms with E-state index < -0.39 is 0 Å². The lowest BCUT2D eigenvalue weighted by atomic mass is 10.1. The van der Waals surface area contributed by atoms with Crippen molar-refractivity contribution in [2.45, 2.75) is 36.9 Å². The molecule has 2 saturated carbocycles. The molecule has 1 heterocycles. The minimum absolute atomic E-state index is 0.463. The summed E-state index contributed by atoms with van der Waals surface area (Å²) in [6, 6.07) is 13.6. The summed E-state index contributed by atoms with van der Waals surface area (Å²) in [5.41, 5.74) is 2.87. The third-order valence-electron chi connectivity index (χ3n) is 7.24. The standard InChI is InChI=1S/C24H30N2O4/c1-27-19-7-5-15(11-21(19)29-3)9-10-26-23-13-18(17-14-24(17,23)26)25-16-6-8-20(28-2)22(12-16)30-4/h5-8,11-12,17-18,23,25H,9-10,13-14H2,1-4H3. The van der Waals surface area contributed by atoms with Crippen molar-refractivity contribution >= 4 is 5.69 Å². The second-order valence-corrected chi connectivity index (χ2v) is 8.51. The molecule has 6 nitrogen and oxygen atoms in total. The van der Waals surface area contributed by atoms with Gasteiger partial charge in [-0.25, -0.2) is 0 Å². The number of nitrogens with zero attached hydrogens (tertiary/aromatic N) is 1. The predicted molar refractivity (Wildman–Crippen MR) is 116 cm³/mol. The number of hydrogen-bond donors (Lipinski definition) is 1. The van der Waals surface area contributed by atoms with Crippen molar-refractivity contribution in [2.75, 3.05) is 40.3 Å². The van der Waals surface area contributed by atoms with Crippen LogP contribution in [0.25, 0.3) is 0 Å². The maximum absolute atomic E-state index is 5.44.